The van der Waals surface area contributed by atoms with Crippen LogP contribution in [-0.2, 0) is 0 Å². The van der Waals surface area contributed by atoms with Crippen molar-refractivity contribution in [3.05, 3.63) is 77.9 Å². The summed E-state index contributed by atoms with van der Waals surface area (Å²) in [4.78, 5) is 19.7. The highest BCUT2D eigenvalue weighted by molar-refractivity contribution is 7.99. The zero-order valence-corrected chi connectivity index (χ0v) is 17.5. The van der Waals surface area contributed by atoms with E-state index in [0.29, 0.717) is 5.56 Å². The first-order valence-corrected chi connectivity index (χ1v) is 11.2. The smallest absolute Gasteiger partial charge is 0.265 e. The van der Waals surface area contributed by atoms with Crippen LogP contribution in [0.4, 0.5) is 5.69 Å². The summed E-state index contributed by atoms with van der Waals surface area (Å²) in [5.41, 5.74) is 7.98. The number of hydrogen-bond acceptors (Lipinski definition) is 4. The molecule has 2 heterocycles. The van der Waals surface area contributed by atoms with Crippen LogP contribution in [0, 0.1) is 0 Å². The van der Waals surface area contributed by atoms with E-state index < -0.39 is 0 Å². The fourth-order valence-electron chi connectivity index (χ4n) is 3.95. The number of carbonyl (C=O) groups is 1. The summed E-state index contributed by atoms with van der Waals surface area (Å²) in [6, 6.07) is 22.5. The number of aliphatic imine (C=N–C) groups is 1. The van der Waals surface area contributed by atoms with E-state index >= 15 is 0 Å². The minimum Gasteiger partial charge on any atom is -0.285 e. The van der Waals surface area contributed by atoms with Gasteiger partial charge in [0, 0.05) is 40.2 Å². The van der Waals surface area contributed by atoms with Gasteiger partial charge in [-0.1, -0.05) is 60.6 Å². The van der Waals surface area contributed by atoms with Crippen molar-refractivity contribution in [3.8, 4) is 11.1 Å². The molecule has 1 N–H and O–H groups in total. The molecule has 0 unspecified atom stereocenters. The summed E-state index contributed by atoms with van der Waals surface area (Å²) in [5.74, 6) is -0.0633. The van der Waals surface area contributed by atoms with Gasteiger partial charge in [0.15, 0.2) is 0 Å². The average molecular weight is 414 g/mol. The molecule has 0 atom stereocenters. The van der Waals surface area contributed by atoms with Crippen LogP contribution in [0.15, 0.2) is 81.5 Å². The first-order valence-electron chi connectivity index (χ1n) is 10.4. The second kappa shape index (κ2) is 8.46. The quantitative estimate of drug-likeness (QED) is 0.469. The van der Waals surface area contributed by atoms with E-state index in [4.69, 9.17) is 4.99 Å². The Morgan fingerprint density at radius 2 is 1.73 bits per heavy atom. The van der Waals surface area contributed by atoms with Gasteiger partial charge in [-0.3, -0.25) is 15.2 Å². The number of benzene rings is 3. The fraction of sp³-hybridized carbons (Fsp3) is 0.200. The highest BCUT2D eigenvalue weighted by Crippen LogP contribution is 2.41. The lowest BCUT2D eigenvalue weighted by molar-refractivity contribution is 0.0750. The minimum absolute atomic E-state index is 0.0633. The highest BCUT2D eigenvalue weighted by atomic mass is 32.2. The molecule has 30 heavy (non-hydrogen) atoms. The monoisotopic (exact) mass is 413 g/mol. The van der Waals surface area contributed by atoms with Gasteiger partial charge in [0.2, 0.25) is 0 Å². The molecule has 1 amide bonds. The summed E-state index contributed by atoms with van der Waals surface area (Å²) in [7, 11) is 0. The van der Waals surface area contributed by atoms with Gasteiger partial charge in [-0.25, -0.2) is 5.01 Å². The predicted molar refractivity (Wildman–Crippen MR) is 123 cm³/mol. The van der Waals surface area contributed by atoms with Crippen LogP contribution >= 0.6 is 11.8 Å². The van der Waals surface area contributed by atoms with Gasteiger partial charge in [-0.05, 0) is 48.2 Å². The fourth-order valence-corrected chi connectivity index (χ4v) is 4.96. The third-order valence-electron chi connectivity index (χ3n) is 5.54. The van der Waals surface area contributed by atoms with E-state index in [1.54, 1.807) is 11.8 Å². The van der Waals surface area contributed by atoms with E-state index in [1.807, 2.05) is 35.5 Å². The molecule has 5 heteroatoms. The van der Waals surface area contributed by atoms with Crippen molar-refractivity contribution in [1.82, 2.24) is 10.4 Å². The Hall–Kier alpha value is -2.89. The molecule has 0 bridgehead atoms. The second-order valence-corrected chi connectivity index (χ2v) is 8.70. The van der Waals surface area contributed by atoms with Gasteiger partial charge in [0.05, 0.1) is 5.69 Å². The number of carbonyl (C=O) groups excluding carboxylic acids is 1. The number of amides is 1. The molecule has 5 rings (SSSR count). The van der Waals surface area contributed by atoms with Gasteiger partial charge >= 0.3 is 0 Å². The number of nitrogens with one attached hydrogen (secondary N) is 1. The molecule has 4 nitrogen and oxygen atoms in total. The summed E-state index contributed by atoms with van der Waals surface area (Å²) in [6.07, 6.45) is 5.44. The van der Waals surface area contributed by atoms with Crippen LogP contribution in [0.25, 0.3) is 11.1 Å². The molecule has 1 saturated heterocycles. The van der Waals surface area contributed by atoms with Gasteiger partial charge in [0.25, 0.3) is 5.91 Å². The molecule has 0 aliphatic carbocycles. The van der Waals surface area contributed by atoms with Crippen LogP contribution in [0.3, 0.4) is 0 Å². The summed E-state index contributed by atoms with van der Waals surface area (Å²) < 4.78 is 0. The van der Waals surface area contributed by atoms with Gasteiger partial charge in [0.1, 0.15) is 0 Å². The van der Waals surface area contributed by atoms with Crippen molar-refractivity contribution in [3.63, 3.8) is 0 Å². The molecule has 0 radical (unpaired) electrons. The number of piperidine rings is 1. The second-order valence-electron chi connectivity index (χ2n) is 7.61. The molecule has 3 aromatic carbocycles. The lowest BCUT2D eigenvalue weighted by atomic mass is 10.0. The molecule has 0 spiro atoms. The molecule has 150 valence electrons. The van der Waals surface area contributed by atoms with Crippen molar-refractivity contribution in [2.24, 2.45) is 4.99 Å². The number of rotatable bonds is 3. The average Bonchev–Trinajstić information content (AvgIpc) is 2.99. The van der Waals surface area contributed by atoms with E-state index in [0.717, 1.165) is 42.1 Å². The summed E-state index contributed by atoms with van der Waals surface area (Å²) in [5, 5.41) is 2.03. The maximum atomic E-state index is 12.7. The number of fused-ring (bicyclic) bond motifs is 2. The Morgan fingerprint density at radius 1 is 0.900 bits per heavy atom. The topological polar surface area (TPSA) is 44.7 Å². The van der Waals surface area contributed by atoms with Gasteiger partial charge in [-0.15, -0.1) is 0 Å². The van der Waals surface area contributed by atoms with E-state index in [-0.39, 0.29) is 5.91 Å². The van der Waals surface area contributed by atoms with E-state index in [1.165, 1.54) is 22.4 Å². The van der Waals surface area contributed by atoms with Crippen LogP contribution < -0.4 is 5.43 Å². The molecular weight excluding hydrogens is 390 g/mol. The number of nitrogens with zero attached hydrogens (tertiary/aromatic N) is 2. The Labute approximate surface area is 181 Å². The molecule has 1 fully saturated rings. The molecule has 0 aromatic heterocycles. The maximum absolute atomic E-state index is 12.7. The zero-order chi connectivity index (χ0) is 20.3. The SMILES string of the molecule is O=C(NN1CCCCC1)c1ccc2c(c1)N=Cc1c(cccc1-c1ccccc1)S2. The summed E-state index contributed by atoms with van der Waals surface area (Å²) >= 11 is 1.70. The van der Waals surface area contributed by atoms with E-state index in [2.05, 4.69) is 47.9 Å². The predicted octanol–water partition coefficient (Wildman–Crippen LogP) is 5.70. The van der Waals surface area contributed by atoms with Crippen molar-refractivity contribution in [2.45, 2.75) is 29.1 Å². The zero-order valence-electron chi connectivity index (χ0n) is 16.7. The number of hydrogen-bond donors (Lipinski definition) is 1. The molecule has 2 aliphatic heterocycles. The van der Waals surface area contributed by atoms with Crippen molar-refractivity contribution < 1.29 is 4.79 Å². The largest absolute Gasteiger partial charge is 0.285 e. The van der Waals surface area contributed by atoms with Crippen molar-refractivity contribution in [1.29, 1.82) is 0 Å². The minimum atomic E-state index is -0.0633. The van der Waals surface area contributed by atoms with Crippen molar-refractivity contribution in [2.75, 3.05) is 13.1 Å². The lowest BCUT2D eigenvalue weighted by Crippen LogP contribution is -2.45. The van der Waals surface area contributed by atoms with E-state index in [9.17, 15) is 4.79 Å². The van der Waals surface area contributed by atoms with Crippen LogP contribution in [-0.4, -0.2) is 30.2 Å². The molecule has 3 aromatic rings. The first-order chi connectivity index (χ1) is 14.8. The lowest BCUT2D eigenvalue weighted by Gasteiger charge is -2.26. The first kappa shape index (κ1) is 19.1. The maximum Gasteiger partial charge on any atom is 0.265 e. The molecule has 0 saturated carbocycles. The Bertz CT molecular complexity index is 1100. The summed E-state index contributed by atoms with van der Waals surface area (Å²) in [6.45, 7) is 1.84. The number of hydrazine groups is 1. The molecule has 2 aliphatic rings. The Morgan fingerprint density at radius 3 is 2.57 bits per heavy atom. The third kappa shape index (κ3) is 3.91. The standard InChI is InChI=1S/C25H23N3OS/c29-25(27-28-14-5-2-6-15-28)19-12-13-24-22(16-19)26-17-21-20(10-7-11-23(21)30-24)18-8-3-1-4-9-18/h1,3-4,7-13,16-17H,2,5-6,14-15H2,(H,27,29). The van der Waals surface area contributed by atoms with Crippen LogP contribution in [0.2, 0.25) is 0 Å². The Kier molecular flexibility index (Phi) is 5.39. The highest BCUT2D eigenvalue weighted by Gasteiger charge is 2.18. The van der Waals surface area contributed by atoms with Crippen LogP contribution in [0.5, 0.6) is 0 Å². The van der Waals surface area contributed by atoms with Crippen LogP contribution in [0.1, 0.15) is 35.2 Å². The molecular formula is C25H23N3OS. The van der Waals surface area contributed by atoms with Crippen molar-refractivity contribution >= 4 is 29.6 Å². The normalized spacial score (nSPS) is 15.7. The third-order valence-corrected chi connectivity index (χ3v) is 6.68. The van der Waals surface area contributed by atoms with Gasteiger partial charge in [-0.2, -0.15) is 0 Å². The Balaban J connectivity index is 1.44. The van der Waals surface area contributed by atoms with Gasteiger partial charge < -0.3 is 0 Å².